The van der Waals surface area contributed by atoms with Crippen molar-refractivity contribution in [3.05, 3.63) is 47.5 Å². The molecule has 0 saturated carbocycles. The number of carbonyl (C=O) groups is 1. The summed E-state index contributed by atoms with van der Waals surface area (Å²) in [5, 5.41) is 2.88. The fourth-order valence-corrected chi connectivity index (χ4v) is 2.48. The second-order valence-electron chi connectivity index (χ2n) is 5.91. The van der Waals surface area contributed by atoms with Gasteiger partial charge in [0.05, 0.1) is 27.4 Å². The minimum absolute atomic E-state index is 0.0923. The van der Waals surface area contributed by atoms with Gasteiger partial charge in [-0.05, 0) is 55.8 Å². The molecule has 0 fully saturated rings. The SMILES string of the molecule is COc1cc(CNC(=O)c2ccc(OC(C)C)cc2)cc(OC)c1OC. The second-order valence-corrected chi connectivity index (χ2v) is 5.91. The third-order valence-corrected chi connectivity index (χ3v) is 3.67. The highest BCUT2D eigenvalue weighted by atomic mass is 16.5. The Bertz CT molecular complexity index is 715. The Morgan fingerprint density at radius 1 is 0.962 bits per heavy atom. The van der Waals surface area contributed by atoms with Gasteiger partial charge in [-0.2, -0.15) is 0 Å². The van der Waals surface area contributed by atoms with Gasteiger partial charge in [-0.25, -0.2) is 0 Å². The summed E-state index contributed by atoms with van der Waals surface area (Å²) in [6.07, 6.45) is 0.0923. The summed E-state index contributed by atoms with van der Waals surface area (Å²) in [4.78, 5) is 12.3. The predicted molar refractivity (Wildman–Crippen MR) is 99.5 cm³/mol. The van der Waals surface area contributed by atoms with Crippen LogP contribution in [-0.2, 0) is 6.54 Å². The van der Waals surface area contributed by atoms with Gasteiger partial charge in [-0.15, -0.1) is 0 Å². The smallest absolute Gasteiger partial charge is 0.251 e. The Hall–Kier alpha value is -2.89. The fourth-order valence-electron chi connectivity index (χ4n) is 2.48. The number of rotatable bonds is 8. The molecule has 6 heteroatoms. The lowest BCUT2D eigenvalue weighted by Gasteiger charge is -2.14. The van der Waals surface area contributed by atoms with E-state index in [1.54, 1.807) is 57.7 Å². The normalized spacial score (nSPS) is 10.4. The number of benzene rings is 2. The molecule has 2 aromatic rings. The van der Waals surface area contributed by atoms with Crippen molar-refractivity contribution in [1.29, 1.82) is 0 Å². The number of carbonyl (C=O) groups excluding carboxylic acids is 1. The van der Waals surface area contributed by atoms with Crippen molar-refractivity contribution in [2.24, 2.45) is 0 Å². The Labute approximate surface area is 154 Å². The fraction of sp³-hybridized carbons (Fsp3) is 0.350. The first kappa shape index (κ1) is 19.4. The minimum Gasteiger partial charge on any atom is -0.493 e. The molecular formula is C20H25NO5. The highest BCUT2D eigenvalue weighted by molar-refractivity contribution is 5.94. The van der Waals surface area contributed by atoms with Gasteiger partial charge in [-0.3, -0.25) is 4.79 Å². The molecule has 2 aromatic carbocycles. The van der Waals surface area contributed by atoms with Crippen LogP contribution in [0.3, 0.4) is 0 Å². The van der Waals surface area contributed by atoms with Crippen molar-refractivity contribution in [2.45, 2.75) is 26.5 Å². The average Bonchev–Trinajstić information content (AvgIpc) is 2.65. The summed E-state index contributed by atoms with van der Waals surface area (Å²) in [7, 11) is 4.66. The van der Waals surface area contributed by atoms with E-state index < -0.39 is 0 Å². The zero-order valence-electron chi connectivity index (χ0n) is 15.8. The predicted octanol–water partition coefficient (Wildman–Crippen LogP) is 3.43. The van der Waals surface area contributed by atoms with Gasteiger partial charge in [0, 0.05) is 12.1 Å². The molecule has 2 rings (SSSR count). The topological polar surface area (TPSA) is 66.0 Å². The number of ether oxygens (including phenoxy) is 4. The van der Waals surface area contributed by atoms with E-state index in [4.69, 9.17) is 18.9 Å². The molecular weight excluding hydrogens is 334 g/mol. The van der Waals surface area contributed by atoms with E-state index in [9.17, 15) is 4.79 Å². The molecule has 26 heavy (non-hydrogen) atoms. The molecule has 0 aliphatic carbocycles. The summed E-state index contributed by atoms with van der Waals surface area (Å²) >= 11 is 0. The lowest BCUT2D eigenvalue weighted by molar-refractivity contribution is 0.0950. The van der Waals surface area contributed by atoms with Crippen LogP contribution in [0.4, 0.5) is 0 Å². The van der Waals surface area contributed by atoms with Crippen molar-refractivity contribution in [2.75, 3.05) is 21.3 Å². The third-order valence-electron chi connectivity index (χ3n) is 3.67. The maximum absolute atomic E-state index is 12.3. The Morgan fingerprint density at radius 2 is 1.54 bits per heavy atom. The van der Waals surface area contributed by atoms with Crippen LogP contribution in [0.25, 0.3) is 0 Å². The minimum atomic E-state index is -0.171. The van der Waals surface area contributed by atoms with Gasteiger partial charge in [0.1, 0.15) is 5.75 Å². The van der Waals surface area contributed by atoms with Gasteiger partial charge >= 0.3 is 0 Å². The molecule has 0 unspecified atom stereocenters. The van der Waals surface area contributed by atoms with Crippen LogP contribution in [0, 0.1) is 0 Å². The molecule has 0 aliphatic rings. The first-order valence-electron chi connectivity index (χ1n) is 8.32. The van der Waals surface area contributed by atoms with Crippen molar-refractivity contribution >= 4 is 5.91 Å². The molecule has 6 nitrogen and oxygen atoms in total. The van der Waals surface area contributed by atoms with E-state index in [-0.39, 0.29) is 12.0 Å². The zero-order valence-corrected chi connectivity index (χ0v) is 15.8. The van der Waals surface area contributed by atoms with Crippen LogP contribution < -0.4 is 24.3 Å². The number of methoxy groups -OCH3 is 3. The maximum atomic E-state index is 12.3. The number of hydrogen-bond donors (Lipinski definition) is 1. The summed E-state index contributed by atoms with van der Waals surface area (Å²) in [5.41, 5.74) is 1.40. The lowest BCUT2D eigenvalue weighted by Crippen LogP contribution is -2.22. The summed E-state index contributed by atoms with van der Waals surface area (Å²) in [6.45, 7) is 4.25. The van der Waals surface area contributed by atoms with Crippen molar-refractivity contribution in [1.82, 2.24) is 5.32 Å². The molecule has 0 spiro atoms. The molecule has 0 aromatic heterocycles. The van der Waals surface area contributed by atoms with E-state index >= 15 is 0 Å². The lowest BCUT2D eigenvalue weighted by atomic mass is 10.1. The van der Waals surface area contributed by atoms with Crippen molar-refractivity contribution in [3.63, 3.8) is 0 Å². The largest absolute Gasteiger partial charge is 0.493 e. The molecule has 0 aliphatic heterocycles. The molecule has 0 atom stereocenters. The van der Waals surface area contributed by atoms with Crippen LogP contribution in [0.15, 0.2) is 36.4 Å². The quantitative estimate of drug-likeness (QED) is 0.782. The number of nitrogens with one attached hydrogen (secondary N) is 1. The van der Waals surface area contributed by atoms with E-state index in [1.807, 2.05) is 13.8 Å². The summed E-state index contributed by atoms with van der Waals surface area (Å²) in [6, 6.07) is 10.7. The first-order valence-corrected chi connectivity index (χ1v) is 8.32. The van der Waals surface area contributed by atoms with E-state index in [0.29, 0.717) is 29.4 Å². The van der Waals surface area contributed by atoms with E-state index in [2.05, 4.69) is 5.32 Å². The monoisotopic (exact) mass is 359 g/mol. The Balaban J connectivity index is 2.07. The molecule has 0 bridgehead atoms. The maximum Gasteiger partial charge on any atom is 0.251 e. The zero-order chi connectivity index (χ0) is 19.1. The molecule has 140 valence electrons. The van der Waals surface area contributed by atoms with Crippen LogP contribution in [0.1, 0.15) is 29.8 Å². The highest BCUT2D eigenvalue weighted by Crippen LogP contribution is 2.38. The first-order chi connectivity index (χ1) is 12.5. The van der Waals surface area contributed by atoms with Crippen LogP contribution in [-0.4, -0.2) is 33.3 Å². The standard InChI is InChI=1S/C20H25NO5/c1-13(2)26-16-8-6-15(7-9-16)20(22)21-12-14-10-17(23-3)19(25-5)18(11-14)24-4/h6-11,13H,12H2,1-5H3,(H,21,22). The van der Waals surface area contributed by atoms with E-state index in [0.717, 1.165) is 11.3 Å². The summed E-state index contributed by atoms with van der Waals surface area (Å²) < 4.78 is 21.5. The van der Waals surface area contributed by atoms with Crippen LogP contribution >= 0.6 is 0 Å². The van der Waals surface area contributed by atoms with Gasteiger partial charge in [-0.1, -0.05) is 0 Å². The van der Waals surface area contributed by atoms with Gasteiger partial charge in [0.15, 0.2) is 11.5 Å². The van der Waals surface area contributed by atoms with E-state index in [1.165, 1.54) is 0 Å². The van der Waals surface area contributed by atoms with Crippen molar-refractivity contribution in [3.8, 4) is 23.0 Å². The second kappa shape index (κ2) is 8.99. The molecule has 0 saturated heterocycles. The van der Waals surface area contributed by atoms with Crippen LogP contribution in [0.5, 0.6) is 23.0 Å². The number of hydrogen-bond acceptors (Lipinski definition) is 5. The summed E-state index contributed by atoms with van der Waals surface area (Å²) in [5.74, 6) is 2.18. The van der Waals surface area contributed by atoms with Gasteiger partial charge in [0.25, 0.3) is 5.91 Å². The highest BCUT2D eigenvalue weighted by Gasteiger charge is 2.14. The Morgan fingerprint density at radius 3 is 2.00 bits per heavy atom. The third kappa shape index (κ3) is 4.81. The van der Waals surface area contributed by atoms with Gasteiger partial charge < -0.3 is 24.3 Å². The molecule has 1 amide bonds. The molecule has 1 N–H and O–H groups in total. The average molecular weight is 359 g/mol. The molecule has 0 heterocycles. The van der Waals surface area contributed by atoms with Crippen LogP contribution in [0.2, 0.25) is 0 Å². The number of amides is 1. The Kier molecular flexibility index (Phi) is 6.72. The molecule has 0 radical (unpaired) electrons. The van der Waals surface area contributed by atoms with Gasteiger partial charge in [0.2, 0.25) is 5.75 Å². The van der Waals surface area contributed by atoms with Crippen molar-refractivity contribution < 1.29 is 23.7 Å².